The molecular formula is C18H15ClN2O6S2. The number of hydrogen-bond donors (Lipinski definition) is 2. The third-order valence-corrected chi connectivity index (χ3v) is 6.39. The van der Waals surface area contributed by atoms with E-state index >= 15 is 0 Å². The van der Waals surface area contributed by atoms with Crippen molar-refractivity contribution in [1.82, 2.24) is 0 Å². The minimum atomic E-state index is -3.82. The maximum absolute atomic E-state index is 12.3. The summed E-state index contributed by atoms with van der Waals surface area (Å²) in [6.45, 7) is -0.538. The molecule has 0 aliphatic heterocycles. The molecule has 152 valence electrons. The van der Waals surface area contributed by atoms with E-state index in [-0.39, 0.29) is 14.8 Å². The number of methoxy groups -OCH3 is 1. The van der Waals surface area contributed by atoms with Crippen molar-refractivity contribution in [3.8, 4) is 5.75 Å². The summed E-state index contributed by atoms with van der Waals surface area (Å²) in [5.41, 5.74) is 0.324. The number of halogens is 1. The van der Waals surface area contributed by atoms with Crippen molar-refractivity contribution in [2.75, 3.05) is 19.0 Å². The number of nitrogens with one attached hydrogen (secondary N) is 1. The molecular weight excluding hydrogens is 440 g/mol. The average Bonchev–Trinajstić information content (AvgIpc) is 3.02. The van der Waals surface area contributed by atoms with Crippen molar-refractivity contribution in [2.45, 2.75) is 4.90 Å². The first-order valence-electron chi connectivity index (χ1n) is 8.05. The minimum absolute atomic E-state index is 0.0852. The fourth-order valence-electron chi connectivity index (χ4n) is 2.43. The number of benzene rings is 2. The number of primary sulfonamides is 1. The Morgan fingerprint density at radius 3 is 2.48 bits per heavy atom. The fraction of sp³-hybridized carbons (Fsp3) is 0.111. The van der Waals surface area contributed by atoms with Crippen LogP contribution >= 0.6 is 22.9 Å². The van der Waals surface area contributed by atoms with E-state index in [0.717, 1.165) is 16.0 Å². The summed E-state index contributed by atoms with van der Waals surface area (Å²) in [4.78, 5) is 24.4. The number of thiophene rings is 1. The molecule has 11 heteroatoms. The molecule has 0 fully saturated rings. The maximum atomic E-state index is 12.3. The van der Waals surface area contributed by atoms with E-state index in [9.17, 15) is 18.0 Å². The zero-order valence-electron chi connectivity index (χ0n) is 15.0. The zero-order chi connectivity index (χ0) is 21.2. The first-order chi connectivity index (χ1) is 13.7. The maximum Gasteiger partial charge on any atom is 0.350 e. The van der Waals surface area contributed by atoms with Crippen LogP contribution in [0.25, 0.3) is 10.1 Å². The third-order valence-electron chi connectivity index (χ3n) is 3.82. The molecule has 1 aromatic heterocycles. The second-order valence-corrected chi connectivity index (χ2v) is 8.79. The van der Waals surface area contributed by atoms with Gasteiger partial charge in [-0.1, -0.05) is 11.6 Å². The predicted molar refractivity (Wildman–Crippen MR) is 110 cm³/mol. The molecule has 0 saturated heterocycles. The molecule has 8 nitrogen and oxygen atoms in total. The number of carbonyl (C=O) groups is 2. The Morgan fingerprint density at radius 2 is 1.86 bits per heavy atom. The highest BCUT2D eigenvalue weighted by Gasteiger charge is 2.20. The number of hydrogen-bond acceptors (Lipinski definition) is 7. The van der Waals surface area contributed by atoms with E-state index in [2.05, 4.69) is 5.32 Å². The quantitative estimate of drug-likeness (QED) is 0.551. The number of anilines is 1. The molecule has 0 unspecified atom stereocenters. The second-order valence-electron chi connectivity index (χ2n) is 5.80. The number of esters is 1. The SMILES string of the molecule is COc1ccc2c(Cl)c(C(=O)OCC(=O)Nc3ccc(S(N)(=O)=O)cc3)sc2c1. The fourth-order valence-corrected chi connectivity index (χ4v) is 4.37. The molecule has 29 heavy (non-hydrogen) atoms. The number of carbonyl (C=O) groups excluding carboxylic acids is 2. The summed E-state index contributed by atoms with van der Waals surface area (Å²) in [6, 6.07) is 10.5. The summed E-state index contributed by atoms with van der Waals surface area (Å²) < 4.78 is 33.4. The summed E-state index contributed by atoms with van der Waals surface area (Å²) in [6.07, 6.45) is 0. The summed E-state index contributed by atoms with van der Waals surface area (Å²) in [5.74, 6) is -0.696. The van der Waals surface area contributed by atoms with Gasteiger partial charge in [0.05, 0.1) is 17.0 Å². The molecule has 0 radical (unpaired) electrons. The summed E-state index contributed by atoms with van der Waals surface area (Å²) in [7, 11) is -2.29. The first kappa shape index (κ1) is 21.1. The average molecular weight is 455 g/mol. The van der Waals surface area contributed by atoms with Gasteiger partial charge in [0.15, 0.2) is 6.61 Å². The minimum Gasteiger partial charge on any atom is -0.497 e. The van der Waals surface area contributed by atoms with E-state index in [1.807, 2.05) is 0 Å². The Kier molecular flexibility index (Phi) is 6.08. The van der Waals surface area contributed by atoms with E-state index in [4.69, 9.17) is 26.2 Å². The zero-order valence-corrected chi connectivity index (χ0v) is 17.4. The normalized spacial score (nSPS) is 11.3. The Balaban J connectivity index is 1.63. The molecule has 2 aromatic carbocycles. The molecule has 0 spiro atoms. The summed E-state index contributed by atoms with van der Waals surface area (Å²) in [5, 5.41) is 8.43. The van der Waals surface area contributed by atoms with E-state index in [1.165, 1.54) is 31.4 Å². The van der Waals surface area contributed by atoms with Gasteiger partial charge in [-0.3, -0.25) is 4.79 Å². The van der Waals surface area contributed by atoms with Crippen molar-refractivity contribution < 1.29 is 27.5 Å². The second kappa shape index (κ2) is 8.37. The van der Waals surface area contributed by atoms with Crippen LogP contribution in [0.15, 0.2) is 47.4 Å². The molecule has 0 aliphatic carbocycles. The van der Waals surface area contributed by atoms with E-state index < -0.39 is 28.5 Å². The van der Waals surface area contributed by atoms with Gasteiger partial charge >= 0.3 is 5.97 Å². The Morgan fingerprint density at radius 1 is 1.17 bits per heavy atom. The molecule has 0 saturated carbocycles. The van der Waals surface area contributed by atoms with Crippen molar-refractivity contribution in [2.24, 2.45) is 5.14 Å². The third kappa shape index (κ3) is 4.85. The van der Waals surface area contributed by atoms with Crippen molar-refractivity contribution in [3.63, 3.8) is 0 Å². The van der Waals surface area contributed by atoms with Crippen LogP contribution < -0.4 is 15.2 Å². The highest BCUT2D eigenvalue weighted by Crippen LogP contribution is 2.37. The lowest BCUT2D eigenvalue weighted by Gasteiger charge is -2.07. The van der Waals surface area contributed by atoms with Gasteiger partial charge in [0, 0.05) is 15.8 Å². The Hall–Kier alpha value is -2.66. The van der Waals surface area contributed by atoms with Crippen LogP contribution in [0, 0.1) is 0 Å². The van der Waals surface area contributed by atoms with Crippen molar-refractivity contribution in [1.29, 1.82) is 0 Å². The topological polar surface area (TPSA) is 125 Å². The molecule has 1 heterocycles. The van der Waals surface area contributed by atoms with Gasteiger partial charge in [-0.05, 0) is 42.5 Å². The van der Waals surface area contributed by atoms with Crippen LogP contribution in [-0.4, -0.2) is 34.0 Å². The van der Waals surface area contributed by atoms with Crippen LogP contribution in [-0.2, 0) is 19.6 Å². The number of amides is 1. The number of ether oxygens (including phenoxy) is 2. The number of nitrogens with two attached hydrogens (primary N) is 1. The Labute approximate surface area is 175 Å². The highest BCUT2D eigenvalue weighted by atomic mass is 35.5. The molecule has 0 bridgehead atoms. The van der Waals surface area contributed by atoms with Crippen LogP contribution in [0.1, 0.15) is 9.67 Å². The number of fused-ring (bicyclic) bond motifs is 1. The van der Waals surface area contributed by atoms with Gasteiger partial charge in [0.1, 0.15) is 10.6 Å². The molecule has 3 aromatic rings. The van der Waals surface area contributed by atoms with Crippen molar-refractivity contribution in [3.05, 3.63) is 52.4 Å². The Bertz CT molecular complexity index is 1190. The lowest BCUT2D eigenvalue weighted by atomic mass is 10.2. The summed E-state index contributed by atoms with van der Waals surface area (Å²) >= 11 is 7.39. The first-order valence-corrected chi connectivity index (χ1v) is 10.8. The predicted octanol–water partition coefficient (Wildman–Crippen LogP) is 3.01. The van der Waals surface area contributed by atoms with E-state index in [1.54, 1.807) is 18.2 Å². The van der Waals surface area contributed by atoms with Gasteiger partial charge < -0.3 is 14.8 Å². The van der Waals surface area contributed by atoms with Gasteiger partial charge in [-0.25, -0.2) is 18.4 Å². The molecule has 3 N–H and O–H groups in total. The van der Waals surface area contributed by atoms with Crippen LogP contribution in [0.2, 0.25) is 5.02 Å². The molecule has 0 aliphatic rings. The molecule has 3 rings (SSSR count). The lowest BCUT2D eigenvalue weighted by molar-refractivity contribution is -0.119. The van der Waals surface area contributed by atoms with Crippen LogP contribution in [0.3, 0.4) is 0 Å². The van der Waals surface area contributed by atoms with Crippen molar-refractivity contribution >= 4 is 60.6 Å². The monoisotopic (exact) mass is 454 g/mol. The van der Waals surface area contributed by atoms with Gasteiger partial charge in [-0.15, -0.1) is 11.3 Å². The standard InChI is InChI=1S/C18H15ClN2O6S2/c1-26-11-4-7-13-14(8-11)28-17(16(13)19)18(23)27-9-15(22)21-10-2-5-12(6-3-10)29(20,24)25/h2-8H,9H2,1H3,(H,21,22)(H2,20,24,25). The molecule has 0 atom stereocenters. The number of rotatable bonds is 6. The van der Waals surface area contributed by atoms with Crippen LogP contribution in [0.5, 0.6) is 5.75 Å². The molecule has 1 amide bonds. The van der Waals surface area contributed by atoms with E-state index in [0.29, 0.717) is 16.8 Å². The van der Waals surface area contributed by atoms with Gasteiger partial charge in [0.25, 0.3) is 5.91 Å². The lowest BCUT2D eigenvalue weighted by Crippen LogP contribution is -2.20. The smallest absolute Gasteiger partial charge is 0.350 e. The van der Waals surface area contributed by atoms with Gasteiger partial charge in [-0.2, -0.15) is 0 Å². The highest BCUT2D eigenvalue weighted by molar-refractivity contribution is 7.89. The van der Waals surface area contributed by atoms with Crippen LogP contribution in [0.4, 0.5) is 5.69 Å². The number of sulfonamides is 1. The largest absolute Gasteiger partial charge is 0.497 e. The van der Waals surface area contributed by atoms with Gasteiger partial charge in [0.2, 0.25) is 10.0 Å².